The van der Waals surface area contributed by atoms with Gasteiger partial charge in [0.15, 0.2) is 0 Å². The molecule has 0 saturated heterocycles. The highest BCUT2D eigenvalue weighted by Crippen LogP contribution is 2.44. The summed E-state index contributed by atoms with van der Waals surface area (Å²) in [6.07, 6.45) is 0. The predicted molar refractivity (Wildman–Crippen MR) is 232 cm³/mol. The number of rotatable bonds is 3. The maximum absolute atomic E-state index is 9.72. The van der Waals surface area contributed by atoms with Crippen LogP contribution in [0.25, 0.3) is 103 Å². The third kappa shape index (κ3) is 4.16. The molecule has 0 aliphatic carbocycles. The minimum atomic E-state index is 0.595. The summed E-state index contributed by atoms with van der Waals surface area (Å²) in [6.45, 7) is 0. The smallest absolute Gasteiger partial charge is 0.0991 e. The Morgan fingerprint density at radius 1 is 0.357 bits per heavy atom. The fourth-order valence-corrected chi connectivity index (χ4v) is 10.2. The van der Waals surface area contributed by atoms with Crippen LogP contribution in [0, 0.1) is 22.7 Å². The summed E-state index contributed by atoms with van der Waals surface area (Å²) in [5.41, 5.74) is 11.2. The number of nitriles is 2. The van der Waals surface area contributed by atoms with Gasteiger partial charge in [0.2, 0.25) is 0 Å². The van der Waals surface area contributed by atoms with Crippen molar-refractivity contribution in [3.63, 3.8) is 0 Å². The molecule has 56 heavy (non-hydrogen) atoms. The largest absolute Gasteiger partial charge is 0.309 e. The van der Waals surface area contributed by atoms with Crippen LogP contribution in [0.4, 0.5) is 0 Å². The Balaban J connectivity index is 1.12. The minimum absolute atomic E-state index is 0.595. The Kier molecular flexibility index (Phi) is 6.28. The van der Waals surface area contributed by atoms with Crippen molar-refractivity contribution in [3.8, 4) is 29.2 Å². The number of fused-ring (bicyclic) bond motifs is 13. The molecule has 258 valence electrons. The van der Waals surface area contributed by atoms with Crippen molar-refractivity contribution >= 4 is 96.9 Å². The van der Waals surface area contributed by atoms with Crippen LogP contribution in [0.15, 0.2) is 164 Å². The second kappa shape index (κ2) is 11.4. The predicted octanol–water partition coefficient (Wildman–Crippen LogP) is 13.1. The molecule has 0 spiro atoms. The standard InChI is InChI=1S/C50H27N5S/c51-28-30-14-19-44-38(24-30)39-25-31(29-52)15-20-45(39)53(44)33-16-22-47-40(26-33)41-27-34(17-23-48(41)56-47)54-43-13-7-5-11-37(43)49-46(54)21-18-36-35-10-4-6-12-42(35)55(50(36)49)32-8-2-1-3-9-32/h1-27H. The van der Waals surface area contributed by atoms with Gasteiger partial charge in [-0.15, -0.1) is 11.3 Å². The molecule has 0 atom stereocenters. The SMILES string of the molecule is N#Cc1ccc2c(c1)c1cc(C#N)ccc1n2-c1ccc2sc3ccc(-n4c5ccccc5c5c4ccc4c6ccccc6n(-c6ccccc6)c45)cc3c2c1. The Labute approximate surface area is 323 Å². The number of hydrogen-bond acceptors (Lipinski definition) is 3. The molecule has 12 aromatic rings. The van der Waals surface area contributed by atoms with E-state index in [2.05, 4.69) is 153 Å². The molecule has 5 nitrogen and oxygen atoms in total. The van der Waals surface area contributed by atoms with Crippen LogP contribution in [-0.4, -0.2) is 13.7 Å². The summed E-state index contributed by atoms with van der Waals surface area (Å²) < 4.78 is 9.56. The number of thiophene rings is 1. The van der Waals surface area contributed by atoms with E-state index >= 15 is 0 Å². The number of aromatic nitrogens is 3. The maximum atomic E-state index is 9.72. The van der Waals surface area contributed by atoms with Gasteiger partial charge in [0.25, 0.3) is 0 Å². The summed E-state index contributed by atoms with van der Waals surface area (Å²) >= 11 is 1.81. The van der Waals surface area contributed by atoms with Crippen LogP contribution < -0.4 is 0 Å². The summed E-state index contributed by atoms with van der Waals surface area (Å²) in [5, 5.41) is 28.7. The van der Waals surface area contributed by atoms with Gasteiger partial charge in [0.05, 0.1) is 56.4 Å². The van der Waals surface area contributed by atoms with Crippen LogP contribution in [0.1, 0.15) is 11.1 Å². The first-order chi connectivity index (χ1) is 27.7. The van der Waals surface area contributed by atoms with Gasteiger partial charge >= 0.3 is 0 Å². The van der Waals surface area contributed by atoms with E-state index in [1.165, 1.54) is 52.8 Å². The van der Waals surface area contributed by atoms with Crippen molar-refractivity contribution in [2.24, 2.45) is 0 Å². The zero-order valence-corrected chi connectivity index (χ0v) is 30.5. The molecule has 0 aliphatic heterocycles. The van der Waals surface area contributed by atoms with Crippen molar-refractivity contribution in [2.75, 3.05) is 0 Å². The van der Waals surface area contributed by atoms with Crippen molar-refractivity contribution in [1.29, 1.82) is 10.5 Å². The van der Waals surface area contributed by atoms with Gasteiger partial charge in [-0.1, -0.05) is 60.7 Å². The summed E-state index contributed by atoms with van der Waals surface area (Å²) in [6, 6.07) is 62.6. The Hall–Kier alpha value is -7.64. The van der Waals surface area contributed by atoms with Gasteiger partial charge in [-0.3, -0.25) is 0 Å². The molecule has 0 amide bonds. The average molecular weight is 730 g/mol. The van der Waals surface area contributed by atoms with E-state index in [1.807, 2.05) is 47.7 Å². The Morgan fingerprint density at radius 2 is 0.875 bits per heavy atom. The lowest BCUT2D eigenvalue weighted by Gasteiger charge is -2.10. The van der Waals surface area contributed by atoms with E-state index in [9.17, 15) is 10.5 Å². The van der Waals surface area contributed by atoms with Gasteiger partial charge in [0.1, 0.15) is 0 Å². The monoisotopic (exact) mass is 729 g/mol. The number of hydrogen-bond donors (Lipinski definition) is 0. The second-order valence-electron chi connectivity index (χ2n) is 14.4. The van der Waals surface area contributed by atoms with Crippen molar-refractivity contribution in [2.45, 2.75) is 0 Å². The van der Waals surface area contributed by atoms with Crippen LogP contribution >= 0.6 is 11.3 Å². The fourth-order valence-electron chi connectivity index (χ4n) is 9.10. The lowest BCUT2D eigenvalue weighted by Crippen LogP contribution is -1.95. The molecule has 0 fully saturated rings. The van der Waals surface area contributed by atoms with Crippen LogP contribution in [0.5, 0.6) is 0 Å². The highest BCUT2D eigenvalue weighted by molar-refractivity contribution is 7.25. The summed E-state index contributed by atoms with van der Waals surface area (Å²) in [7, 11) is 0. The van der Waals surface area contributed by atoms with Crippen molar-refractivity contribution in [1.82, 2.24) is 13.7 Å². The van der Waals surface area contributed by atoms with Gasteiger partial charge in [0, 0.05) is 69.6 Å². The van der Waals surface area contributed by atoms with Gasteiger partial charge in [-0.25, -0.2) is 0 Å². The third-order valence-electron chi connectivity index (χ3n) is 11.5. The molecule has 12 rings (SSSR count). The topological polar surface area (TPSA) is 62.4 Å². The van der Waals surface area contributed by atoms with Crippen molar-refractivity contribution < 1.29 is 0 Å². The average Bonchev–Trinajstić information content (AvgIpc) is 3.99. The second-order valence-corrected chi connectivity index (χ2v) is 15.5. The molecule has 4 aromatic heterocycles. The zero-order valence-electron chi connectivity index (χ0n) is 29.7. The van der Waals surface area contributed by atoms with Gasteiger partial charge in [-0.05, 0) is 103 Å². The van der Waals surface area contributed by atoms with E-state index in [0.717, 1.165) is 49.9 Å². The van der Waals surface area contributed by atoms with E-state index in [-0.39, 0.29) is 0 Å². The summed E-state index contributed by atoms with van der Waals surface area (Å²) in [4.78, 5) is 0. The first-order valence-corrected chi connectivity index (χ1v) is 19.4. The van der Waals surface area contributed by atoms with Crippen LogP contribution in [0.2, 0.25) is 0 Å². The minimum Gasteiger partial charge on any atom is -0.309 e. The molecule has 0 N–H and O–H groups in total. The van der Waals surface area contributed by atoms with E-state index in [1.54, 1.807) is 0 Å². The quantitative estimate of drug-likeness (QED) is 0.182. The molecular formula is C50H27N5S. The lowest BCUT2D eigenvalue weighted by atomic mass is 10.1. The van der Waals surface area contributed by atoms with E-state index in [0.29, 0.717) is 11.1 Å². The molecule has 0 unspecified atom stereocenters. The maximum Gasteiger partial charge on any atom is 0.0991 e. The lowest BCUT2D eigenvalue weighted by molar-refractivity contribution is 1.18. The number of para-hydroxylation sites is 3. The summed E-state index contributed by atoms with van der Waals surface area (Å²) in [5.74, 6) is 0. The van der Waals surface area contributed by atoms with Crippen molar-refractivity contribution in [3.05, 3.63) is 175 Å². The van der Waals surface area contributed by atoms with Crippen LogP contribution in [-0.2, 0) is 0 Å². The van der Waals surface area contributed by atoms with Crippen LogP contribution in [0.3, 0.4) is 0 Å². The number of nitrogens with zero attached hydrogens (tertiary/aromatic N) is 5. The molecule has 8 aromatic carbocycles. The zero-order chi connectivity index (χ0) is 37.1. The van der Waals surface area contributed by atoms with Gasteiger partial charge < -0.3 is 13.7 Å². The third-order valence-corrected chi connectivity index (χ3v) is 12.6. The number of benzene rings is 8. The molecule has 4 heterocycles. The first-order valence-electron chi connectivity index (χ1n) is 18.5. The van der Waals surface area contributed by atoms with E-state index < -0.39 is 0 Å². The highest BCUT2D eigenvalue weighted by atomic mass is 32.1. The molecule has 0 bridgehead atoms. The van der Waals surface area contributed by atoms with E-state index in [4.69, 9.17) is 0 Å². The molecule has 6 heteroatoms. The van der Waals surface area contributed by atoms with Gasteiger partial charge in [-0.2, -0.15) is 10.5 Å². The Morgan fingerprint density at radius 3 is 1.50 bits per heavy atom. The first kappa shape index (κ1) is 30.8. The molecule has 0 saturated carbocycles. The highest BCUT2D eigenvalue weighted by Gasteiger charge is 2.21. The molecule has 0 aliphatic rings. The normalized spacial score (nSPS) is 11.9. The molecule has 0 radical (unpaired) electrons. The fraction of sp³-hybridized carbons (Fsp3) is 0. The molecular weight excluding hydrogens is 703 g/mol. The Bertz CT molecular complexity index is 3660.